The van der Waals surface area contributed by atoms with E-state index >= 15 is 0 Å². The molecular weight excluding hydrogens is 379 g/mol. The SMILES string of the molecule is CCNCc1cncc(C2=CC(C(=[NH2+])c3nc4ccc(F)cc4[nH]3)=C(N)CC2)c1C. The van der Waals surface area contributed by atoms with E-state index in [9.17, 15) is 4.39 Å². The zero-order chi connectivity index (χ0) is 21.3. The van der Waals surface area contributed by atoms with Gasteiger partial charge in [-0.15, -0.1) is 0 Å². The second-order valence-electron chi connectivity index (χ2n) is 7.52. The summed E-state index contributed by atoms with van der Waals surface area (Å²) >= 11 is 0. The number of allylic oxidation sites excluding steroid dienone is 4. The lowest BCUT2D eigenvalue weighted by atomic mass is 9.88. The lowest BCUT2D eigenvalue weighted by Gasteiger charge is -2.19. The molecule has 0 atom stereocenters. The van der Waals surface area contributed by atoms with Crippen LogP contribution >= 0.6 is 0 Å². The predicted molar refractivity (Wildman–Crippen MR) is 117 cm³/mol. The van der Waals surface area contributed by atoms with Gasteiger partial charge in [0.1, 0.15) is 5.82 Å². The lowest BCUT2D eigenvalue weighted by Crippen LogP contribution is -2.43. The van der Waals surface area contributed by atoms with E-state index < -0.39 is 0 Å². The summed E-state index contributed by atoms with van der Waals surface area (Å²) in [4.78, 5) is 12.0. The van der Waals surface area contributed by atoms with Crippen LogP contribution in [-0.4, -0.2) is 27.2 Å². The summed E-state index contributed by atoms with van der Waals surface area (Å²) in [7, 11) is 0. The molecule has 0 aliphatic heterocycles. The molecule has 0 saturated carbocycles. The lowest BCUT2D eigenvalue weighted by molar-refractivity contribution is -0.112. The molecule has 154 valence electrons. The summed E-state index contributed by atoms with van der Waals surface area (Å²) in [5.41, 5.74) is 14.1. The number of nitrogens with two attached hydrogens (primary N) is 2. The minimum absolute atomic E-state index is 0.324. The van der Waals surface area contributed by atoms with E-state index in [0.717, 1.165) is 41.9 Å². The zero-order valence-electron chi connectivity index (χ0n) is 17.2. The van der Waals surface area contributed by atoms with E-state index in [2.05, 4.69) is 34.1 Å². The molecule has 0 bridgehead atoms. The minimum Gasteiger partial charge on any atom is -0.401 e. The van der Waals surface area contributed by atoms with E-state index in [4.69, 9.17) is 11.1 Å². The second-order valence-corrected chi connectivity index (χ2v) is 7.52. The Morgan fingerprint density at radius 1 is 1.30 bits per heavy atom. The average Bonchev–Trinajstić information content (AvgIpc) is 3.16. The highest BCUT2D eigenvalue weighted by atomic mass is 19.1. The molecule has 0 amide bonds. The topological polar surface area (TPSA) is 105 Å². The van der Waals surface area contributed by atoms with Crippen molar-refractivity contribution >= 4 is 22.3 Å². The highest BCUT2D eigenvalue weighted by Crippen LogP contribution is 2.32. The highest BCUT2D eigenvalue weighted by Gasteiger charge is 2.24. The van der Waals surface area contributed by atoms with Gasteiger partial charge >= 0.3 is 0 Å². The third kappa shape index (κ3) is 3.76. The molecule has 2 aromatic heterocycles. The van der Waals surface area contributed by atoms with Crippen LogP contribution in [0.2, 0.25) is 0 Å². The van der Waals surface area contributed by atoms with E-state index in [1.54, 1.807) is 6.07 Å². The van der Waals surface area contributed by atoms with Crippen LogP contribution in [0.15, 0.2) is 47.9 Å². The van der Waals surface area contributed by atoms with Crippen molar-refractivity contribution in [3.63, 3.8) is 0 Å². The first-order valence-electron chi connectivity index (χ1n) is 10.1. The first-order chi connectivity index (χ1) is 14.5. The molecule has 0 spiro atoms. The maximum absolute atomic E-state index is 13.5. The normalized spacial score (nSPS) is 14.3. The summed E-state index contributed by atoms with van der Waals surface area (Å²) < 4.78 is 13.5. The molecule has 6 N–H and O–H groups in total. The van der Waals surface area contributed by atoms with E-state index in [1.807, 2.05) is 18.5 Å². The van der Waals surface area contributed by atoms with Crippen molar-refractivity contribution in [2.24, 2.45) is 5.73 Å². The fourth-order valence-corrected chi connectivity index (χ4v) is 3.77. The summed E-state index contributed by atoms with van der Waals surface area (Å²) in [5.74, 6) is 0.164. The standard InChI is InChI=1S/C23H25FN6/c1-3-27-10-15-11-28-12-18(13(15)2)14-4-6-19(25)17(8-14)22(26)23-29-20-7-5-16(24)9-21(20)30-23/h5,7-9,11-12,26-27H,3-4,6,10,25H2,1-2H3,(H,29,30)/p+1. The van der Waals surface area contributed by atoms with Crippen LogP contribution < -0.4 is 16.5 Å². The van der Waals surface area contributed by atoms with Gasteiger partial charge in [-0.25, -0.2) is 9.37 Å². The number of benzene rings is 1. The smallest absolute Gasteiger partial charge is 0.248 e. The molecular formula is C23H26FN6+. The number of pyridine rings is 1. The molecule has 30 heavy (non-hydrogen) atoms. The fraction of sp³-hybridized carbons (Fsp3) is 0.261. The molecule has 0 unspecified atom stereocenters. The van der Waals surface area contributed by atoms with Crippen LogP contribution in [0.1, 0.15) is 42.3 Å². The molecule has 3 aromatic rings. The number of aromatic nitrogens is 3. The fourth-order valence-electron chi connectivity index (χ4n) is 3.77. The molecule has 0 saturated heterocycles. The maximum atomic E-state index is 13.5. The van der Waals surface area contributed by atoms with E-state index in [1.165, 1.54) is 23.3 Å². The summed E-state index contributed by atoms with van der Waals surface area (Å²) in [6.45, 7) is 5.89. The van der Waals surface area contributed by atoms with Crippen molar-refractivity contribution in [2.75, 3.05) is 6.54 Å². The van der Waals surface area contributed by atoms with Crippen molar-refractivity contribution in [3.05, 3.63) is 76.3 Å². The Kier molecular flexibility index (Phi) is 5.46. The Hall–Kier alpha value is -3.32. The molecule has 2 heterocycles. The van der Waals surface area contributed by atoms with Crippen LogP contribution in [0.5, 0.6) is 0 Å². The van der Waals surface area contributed by atoms with Crippen molar-refractivity contribution < 1.29 is 9.80 Å². The molecule has 1 aliphatic carbocycles. The van der Waals surface area contributed by atoms with Gasteiger partial charge < -0.3 is 16.0 Å². The molecule has 7 heteroatoms. The van der Waals surface area contributed by atoms with Gasteiger partial charge in [0, 0.05) is 24.6 Å². The number of hydrogen-bond donors (Lipinski definition) is 4. The monoisotopic (exact) mass is 405 g/mol. The van der Waals surface area contributed by atoms with Gasteiger partial charge in [0.15, 0.2) is 0 Å². The predicted octanol–water partition coefficient (Wildman–Crippen LogP) is 2.15. The quantitative estimate of drug-likeness (QED) is 0.472. The van der Waals surface area contributed by atoms with Gasteiger partial charge in [0.05, 0.1) is 16.6 Å². The third-order valence-corrected chi connectivity index (χ3v) is 5.55. The number of H-pyrrole nitrogens is 1. The van der Waals surface area contributed by atoms with Gasteiger partial charge in [-0.3, -0.25) is 10.4 Å². The third-order valence-electron chi connectivity index (χ3n) is 5.55. The minimum atomic E-state index is -0.324. The average molecular weight is 406 g/mol. The Bertz CT molecular complexity index is 1190. The molecule has 0 fully saturated rings. The second kappa shape index (κ2) is 8.20. The van der Waals surface area contributed by atoms with Crippen LogP contribution in [0.25, 0.3) is 16.6 Å². The van der Waals surface area contributed by atoms with Crippen molar-refractivity contribution in [2.45, 2.75) is 33.2 Å². The zero-order valence-corrected chi connectivity index (χ0v) is 17.2. The van der Waals surface area contributed by atoms with Gasteiger partial charge in [-0.05, 0) is 72.8 Å². The number of nitrogens with zero attached hydrogens (tertiary/aromatic N) is 2. The highest BCUT2D eigenvalue weighted by molar-refractivity contribution is 6.11. The molecule has 1 aliphatic rings. The maximum Gasteiger partial charge on any atom is 0.248 e. The number of imidazole rings is 1. The van der Waals surface area contributed by atoms with Crippen molar-refractivity contribution in [3.8, 4) is 0 Å². The Morgan fingerprint density at radius 3 is 2.93 bits per heavy atom. The number of hydrogen-bond acceptors (Lipinski definition) is 4. The largest absolute Gasteiger partial charge is 0.401 e. The van der Waals surface area contributed by atoms with Crippen LogP contribution in [0.4, 0.5) is 4.39 Å². The molecule has 0 radical (unpaired) electrons. The first kappa shape index (κ1) is 20.0. The Labute approximate surface area is 174 Å². The van der Waals surface area contributed by atoms with Gasteiger partial charge in [-0.1, -0.05) is 6.92 Å². The Morgan fingerprint density at radius 2 is 2.13 bits per heavy atom. The number of fused-ring (bicyclic) bond motifs is 1. The molecule has 6 nitrogen and oxygen atoms in total. The summed E-state index contributed by atoms with van der Waals surface area (Å²) in [5, 5.41) is 9.81. The molecule has 4 rings (SSSR count). The summed E-state index contributed by atoms with van der Waals surface area (Å²) in [6, 6.07) is 4.41. The van der Waals surface area contributed by atoms with Gasteiger partial charge in [-0.2, -0.15) is 0 Å². The number of nitrogens with one attached hydrogen (secondary N) is 2. The van der Waals surface area contributed by atoms with Crippen molar-refractivity contribution in [1.29, 1.82) is 0 Å². The number of rotatable bonds is 6. The van der Waals surface area contributed by atoms with Crippen LogP contribution in [-0.2, 0) is 6.54 Å². The number of aromatic amines is 1. The van der Waals surface area contributed by atoms with Crippen LogP contribution in [0.3, 0.4) is 0 Å². The van der Waals surface area contributed by atoms with Crippen molar-refractivity contribution in [1.82, 2.24) is 20.3 Å². The number of halogens is 1. The van der Waals surface area contributed by atoms with E-state index in [-0.39, 0.29) is 5.82 Å². The summed E-state index contributed by atoms with van der Waals surface area (Å²) in [6.07, 6.45) is 7.36. The van der Waals surface area contributed by atoms with Crippen LogP contribution in [0, 0.1) is 12.7 Å². The van der Waals surface area contributed by atoms with E-state index in [0.29, 0.717) is 29.0 Å². The molecule has 1 aromatic carbocycles. The Balaban J connectivity index is 1.69. The van der Waals surface area contributed by atoms with Gasteiger partial charge in [0.25, 0.3) is 0 Å². The first-order valence-corrected chi connectivity index (χ1v) is 10.1. The van der Waals surface area contributed by atoms with Gasteiger partial charge in [0.2, 0.25) is 11.5 Å².